The molecule has 1 fully saturated rings. The van der Waals surface area contributed by atoms with Gasteiger partial charge in [0, 0.05) is 45.8 Å². The van der Waals surface area contributed by atoms with Crippen LogP contribution in [0, 0.1) is 5.82 Å². The van der Waals surface area contributed by atoms with Crippen LogP contribution in [0.15, 0.2) is 29.3 Å². The molecule has 1 aromatic carbocycles. The number of hydrogen-bond donors (Lipinski definition) is 2. The molecule has 1 aliphatic rings. The summed E-state index contributed by atoms with van der Waals surface area (Å²) in [5.41, 5.74) is 0.988. The monoisotopic (exact) mass is 449 g/mol. The lowest BCUT2D eigenvalue weighted by Gasteiger charge is -2.37. The molecule has 0 amide bonds. The predicted octanol–water partition coefficient (Wildman–Crippen LogP) is 1.40. The molecular formula is C17H29FIN5. The fourth-order valence-corrected chi connectivity index (χ4v) is 2.77. The van der Waals surface area contributed by atoms with Crippen LogP contribution in [0.5, 0.6) is 0 Å². The van der Waals surface area contributed by atoms with Gasteiger partial charge in [0.15, 0.2) is 5.96 Å². The van der Waals surface area contributed by atoms with E-state index in [1.165, 1.54) is 6.07 Å². The minimum atomic E-state index is -0.186. The molecule has 1 aliphatic heterocycles. The summed E-state index contributed by atoms with van der Waals surface area (Å²) < 4.78 is 13.1. The Morgan fingerprint density at radius 3 is 2.79 bits per heavy atom. The van der Waals surface area contributed by atoms with Gasteiger partial charge in [-0.05, 0) is 38.2 Å². The fraction of sp³-hybridized carbons (Fsp3) is 0.588. The van der Waals surface area contributed by atoms with Crippen LogP contribution in [0.2, 0.25) is 0 Å². The second kappa shape index (κ2) is 10.8. The average molecular weight is 449 g/mol. The number of halogens is 2. The molecule has 1 atom stereocenters. The van der Waals surface area contributed by atoms with Gasteiger partial charge in [0.1, 0.15) is 5.82 Å². The van der Waals surface area contributed by atoms with Gasteiger partial charge >= 0.3 is 0 Å². The van der Waals surface area contributed by atoms with E-state index in [0.717, 1.165) is 50.7 Å². The summed E-state index contributed by atoms with van der Waals surface area (Å²) in [5, 5.41) is 6.67. The largest absolute Gasteiger partial charge is 0.356 e. The van der Waals surface area contributed by atoms with E-state index < -0.39 is 0 Å². The first-order valence-corrected chi connectivity index (χ1v) is 8.16. The lowest BCUT2D eigenvalue weighted by Crippen LogP contribution is -2.55. The Hall–Kier alpha value is -0.930. The molecule has 136 valence electrons. The van der Waals surface area contributed by atoms with E-state index in [0.29, 0.717) is 6.04 Å². The van der Waals surface area contributed by atoms with Crippen LogP contribution in [0.1, 0.15) is 5.56 Å². The van der Waals surface area contributed by atoms with Gasteiger partial charge in [0.25, 0.3) is 0 Å². The van der Waals surface area contributed by atoms with Gasteiger partial charge in [0.05, 0.1) is 0 Å². The van der Waals surface area contributed by atoms with E-state index in [-0.39, 0.29) is 29.8 Å². The summed E-state index contributed by atoms with van der Waals surface area (Å²) in [6.07, 6.45) is 0.768. The van der Waals surface area contributed by atoms with Crippen molar-refractivity contribution in [2.45, 2.75) is 12.5 Å². The van der Waals surface area contributed by atoms with Gasteiger partial charge in [-0.1, -0.05) is 12.1 Å². The molecule has 2 rings (SSSR count). The third-order valence-corrected chi connectivity index (χ3v) is 4.30. The molecule has 2 N–H and O–H groups in total. The number of benzene rings is 1. The molecule has 1 aromatic rings. The van der Waals surface area contributed by atoms with E-state index >= 15 is 0 Å². The maximum Gasteiger partial charge on any atom is 0.191 e. The van der Waals surface area contributed by atoms with Crippen molar-refractivity contribution in [3.05, 3.63) is 35.6 Å². The Labute approximate surface area is 161 Å². The van der Waals surface area contributed by atoms with E-state index in [1.54, 1.807) is 19.2 Å². The van der Waals surface area contributed by atoms with Crippen molar-refractivity contribution in [3.63, 3.8) is 0 Å². The first kappa shape index (κ1) is 21.1. The van der Waals surface area contributed by atoms with Crippen LogP contribution < -0.4 is 10.6 Å². The van der Waals surface area contributed by atoms with Crippen molar-refractivity contribution in [1.29, 1.82) is 0 Å². The van der Waals surface area contributed by atoms with Gasteiger partial charge in [-0.25, -0.2) is 4.39 Å². The van der Waals surface area contributed by atoms with Crippen molar-refractivity contribution in [2.24, 2.45) is 4.99 Å². The normalized spacial score (nSPS) is 19.7. The summed E-state index contributed by atoms with van der Waals surface area (Å²) in [5.74, 6) is 0.609. The van der Waals surface area contributed by atoms with Crippen molar-refractivity contribution >= 4 is 29.9 Å². The van der Waals surface area contributed by atoms with Gasteiger partial charge in [-0.3, -0.25) is 9.89 Å². The summed E-state index contributed by atoms with van der Waals surface area (Å²) >= 11 is 0. The maximum absolute atomic E-state index is 13.1. The molecule has 5 nitrogen and oxygen atoms in total. The summed E-state index contributed by atoms with van der Waals surface area (Å²) in [6.45, 7) is 4.86. The third-order valence-electron chi connectivity index (χ3n) is 4.30. The number of hydrogen-bond acceptors (Lipinski definition) is 3. The Morgan fingerprint density at radius 2 is 2.08 bits per heavy atom. The number of piperazine rings is 1. The van der Waals surface area contributed by atoms with Crippen molar-refractivity contribution in [2.75, 3.05) is 53.9 Å². The quantitative estimate of drug-likeness (QED) is 0.405. The van der Waals surface area contributed by atoms with Crippen LogP contribution in [-0.4, -0.2) is 75.7 Å². The summed E-state index contributed by atoms with van der Waals surface area (Å²) in [6, 6.07) is 7.20. The molecule has 0 saturated carbocycles. The van der Waals surface area contributed by atoms with E-state index in [9.17, 15) is 4.39 Å². The zero-order valence-electron chi connectivity index (χ0n) is 14.8. The van der Waals surface area contributed by atoms with E-state index in [4.69, 9.17) is 0 Å². The average Bonchev–Trinajstić information content (AvgIpc) is 2.53. The van der Waals surface area contributed by atoms with E-state index in [1.807, 2.05) is 6.07 Å². The summed E-state index contributed by atoms with van der Waals surface area (Å²) in [7, 11) is 6.10. The van der Waals surface area contributed by atoms with Crippen molar-refractivity contribution in [1.82, 2.24) is 20.4 Å². The van der Waals surface area contributed by atoms with Crippen LogP contribution in [0.4, 0.5) is 4.39 Å². The van der Waals surface area contributed by atoms with Crippen LogP contribution in [0.3, 0.4) is 0 Å². The molecule has 24 heavy (non-hydrogen) atoms. The Kier molecular flexibility index (Phi) is 9.53. The second-order valence-electron chi connectivity index (χ2n) is 6.16. The Bertz CT molecular complexity index is 525. The smallest absolute Gasteiger partial charge is 0.191 e. The third kappa shape index (κ3) is 6.90. The van der Waals surface area contributed by atoms with Crippen molar-refractivity contribution < 1.29 is 4.39 Å². The number of nitrogens with one attached hydrogen (secondary N) is 2. The SMILES string of the molecule is CN=C(NCCc1cccc(F)c1)NCC1CN(C)CCN1C.I. The van der Waals surface area contributed by atoms with Crippen LogP contribution >= 0.6 is 24.0 Å². The molecule has 1 saturated heterocycles. The predicted molar refractivity (Wildman–Crippen MR) is 109 cm³/mol. The Balaban J connectivity index is 0.00000288. The fourth-order valence-electron chi connectivity index (χ4n) is 2.77. The first-order chi connectivity index (χ1) is 11.1. The van der Waals surface area contributed by atoms with Gasteiger partial charge in [0.2, 0.25) is 0 Å². The molecular weight excluding hydrogens is 420 g/mol. The highest BCUT2D eigenvalue weighted by atomic mass is 127. The number of nitrogens with zero attached hydrogens (tertiary/aromatic N) is 3. The zero-order valence-corrected chi connectivity index (χ0v) is 17.1. The molecule has 0 aromatic heterocycles. The highest BCUT2D eigenvalue weighted by Crippen LogP contribution is 2.05. The van der Waals surface area contributed by atoms with Gasteiger partial charge < -0.3 is 15.5 Å². The van der Waals surface area contributed by atoms with E-state index in [2.05, 4.69) is 39.5 Å². The van der Waals surface area contributed by atoms with Crippen molar-refractivity contribution in [3.8, 4) is 0 Å². The number of likely N-dealkylation sites (N-methyl/N-ethyl adjacent to an activating group) is 2. The lowest BCUT2D eigenvalue weighted by atomic mass is 10.1. The molecule has 1 unspecified atom stereocenters. The van der Waals surface area contributed by atoms with Gasteiger partial charge in [-0.15, -0.1) is 24.0 Å². The highest BCUT2D eigenvalue weighted by Gasteiger charge is 2.21. The number of aliphatic imine (C=N–C) groups is 1. The topological polar surface area (TPSA) is 42.9 Å². The molecule has 7 heteroatoms. The summed E-state index contributed by atoms with van der Waals surface area (Å²) in [4.78, 5) is 8.99. The highest BCUT2D eigenvalue weighted by molar-refractivity contribution is 14.0. The second-order valence-corrected chi connectivity index (χ2v) is 6.16. The Morgan fingerprint density at radius 1 is 1.29 bits per heavy atom. The standard InChI is InChI=1S/C17H28FN5.HI/c1-19-17(20-8-7-14-5-4-6-15(18)11-14)21-12-16-13-22(2)9-10-23(16)3;/h4-6,11,16H,7-10,12-13H2,1-3H3,(H2,19,20,21);1H. The number of guanidine groups is 1. The molecule has 1 heterocycles. The number of rotatable bonds is 5. The minimum Gasteiger partial charge on any atom is -0.356 e. The molecule has 0 bridgehead atoms. The lowest BCUT2D eigenvalue weighted by molar-refractivity contribution is 0.116. The van der Waals surface area contributed by atoms with Crippen LogP contribution in [0.25, 0.3) is 0 Å². The minimum absolute atomic E-state index is 0. The zero-order chi connectivity index (χ0) is 16.7. The van der Waals surface area contributed by atoms with Gasteiger partial charge in [-0.2, -0.15) is 0 Å². The molecule has 0 radical (unpaired) electrons. The molecule has 0 spiro atoms. The first-order valence-electron chi connectivity index (χ1n) is 8.16. The molecule has 0 aliphatic carbocycles. The van der Waals surface area contributed by atoms with Crippen LogP contribution in [-0.2, 0) is 6.42 Å². The maximum atomic E-state index is 13.1.